The lowest BCUT2D eigenvalue weighted by Crippen LogP contribution is -2.25. The number of carbonyl (C=O) groups excluding carboxylic acids is 2. The van der Waals surface area contributed by atoms with Gasteiger partial charge in [-0.3, -0.25) is 9.59 Å². The van der Waals surface area contributed by atoms with E-state index in [4.69, 9.17) is 9.47 Å². The number of hydrogen-bond donors (Lipinski definition) is 3. The largest absolute Gasteiger partial charge is 0.463 e. The Morgan fingerprint density at radius 3 is 1.47 bits per heavy atom. The van der Waals surface area contributed by atoms with Gasteiger partial charge in [0, 0.05) is 12.8 Å². The Balaban J connectivity index is 3.71. The van der Waals surface area contributed by atoms with Crippen molar-refractivity contribution in [3.05, 3.63) is 48.6 Å². The van der Waals surface area contributed by atoms with Gasteiger partial charge >= 0.3 is 11.9 Å². The third-order valence-electron chi connectivity index (χ3n) is 7.95. The summed E-state index contributed by atoms with van der Waals surface area (Å²) < 4.78 is 10.2. The summed E-state index contributed by atoms with van der Waals surface area (Å²) in [6.45, 7) is 6.32. The molecule has 0 aromatic heterocycles. The first kappa shape index (κ1) is 44.8. The van der Waals surface area contributed by atoms with E-state index in [-0.39, 0.29) is 31.7 Å². The summed E-state index contributed by atoms with van der Waals surface area (Å²) in [7, 11) is 0. The van der Waals surface area contributed by atoms with Crippen molar-refractivity contribution >= 4 is 11.9 Å². The smallest absolute Gasteiger partial charge is 0.305 e. The van der Waals surface area contributed by atoms with E-state index >= 15 is 0 Å². The van der Waals surface area contributed by atoms with Gasteiger partial charge in [0.15, 0.2) is 0 Å². The molecule has 0 saturated heterocycles. The molecule has 7 nitrogen and oxygen atoms in total. The summed E-state index contributed by atoms with van der Waals surface area (Å²) in [6, 6.07) is 0. The van der Waals surface area contributed by atoms with Gasteiger partial charge in [0.05, 0.1) is 12.2 Å². The molecule has 0 amide bonds. The van der Waals surface area contributed by atoms with Gasteiger partial charge in [-0.15, -0.1) is 0 Å². The molecule has 0 aliphatic heterocycles. The average Bonchev–Trinajstić information content (AvgIpc) is 3.04. The molecule has 3 N–H and O–H groups in total. The van der Waals surface area contributed by atoms with Gasteiger partial charge in [0.2, 0.25) is 0 Å². The van der Waals surface area contributed by atoms with Crippen LogP contribution in [0.3, 0.4) is 0 Å². The van der Waals surface area contributed by atoms with E-state index in [0.717, 1.165) is 57.3 Å². The monoisotopic (exact) mass is 663 g/mol. The van der Waals surface area contributed by atoms with Gasteiger partial charge in [0.1, 0.15) is 19.3 Å². The highest BCUT2D eigenvalue weighted by molar-refractivity contribution is 5.69. The molecule has 0 aromatic carbocycles. The Bertz CT molecular complexity index is 846. The average molecular weight is 663 g/mol. The molecule has 0 heterocycles. The summed E-state index contributed by atoms with van der Waals surface area (Å²) in [4.78, 5) is 23.9. The number of allylic oxidation sites excluding steroid dienone is 6. The maximum absolute atomic E-state index is 12.0. The summed E-state index contributed by atoms with van der Waals surface area (Å²) in [5.74, 6) is 0.0344. The van der Waals surface area contributed by atoms with E-state index in [1.165, 1.54) is 57.8 Å². The topological polar surface area (TPSA) is 113 Å². The lowest BCUT2D eigenvalue weighted by molar-refractivity contribution is -0.152. The Labute approximate surface area is 287 Å². The van der Waals surface area contributed by atoms with Crippen LogP contribution in [0.1, 0.15) is 156 Å². The van der Waals surface area contributed by atoms with Crippen molar-refractivity contribution in [2.75, 3.05) is 13.2 Å². The third-order valence-corrected chi connectivity index (χ3v) is 7.95. The van der Waals surface area contributed by atoms with Gasteiger partial charge < -0.3 is 24.8 Å². The molecule has 0 rings (SSSR count). The molecular formula is C40H70O7. The van der Waals surface area contributed by atoms with Crippen molar-refractivity contribution in [2.45, 2.75) is 174 Å². The van der Waals surface area contributed by atoms with Crippen LogP contribution in [0.15, 0.2) is 48.6 Å². The highest BCUT2D eigenvalue weighted by Gasteiger charge is 2.12. The number of unbranched alkanes of at least 4 members (excludes halogenated alkanes) is 12. The number of carbonyl (C=O) groups is 2. The Morgan fingerprint density at radius 1 is 0.553 bits per heavy atom. The molecule has 0 saturated carbocycles. The highest BCUT2D eigenvalue weighted by atomic mass is 16.6. The SMILES string of the molecule is CCCCC[C@H](O)/C=C/C=C\C/C=C\C=C\[C@H](O)CCCC(=O)OC[C@H](O)COC(=O)CCCCCCCCCCCCCC(C)C. The number of ether oxygens (including phenoxy) is 2. The van der Waals surface area contributed by atoms with Crippen LogP contribution in [0, 0.1) is 5.92 Å². The van der Waals surface area contributed by atoms with Crippen LogP contribution in [-0.4, -0.2) is 58.8 Å². The summed E-state index contributed by atoms with van der Waals surface area (Å²) in [6.07, 6.45) is 33.8. The molecule has 0 aliphatic carbocycles. The third kappa shape index (κ3) is 34.9. The molecule has 0 aromatic rings. The maximum atomic E-state index is 12.0. The number of aliphatic hydroxyl groups is 3. The van der Waals surface area contributed by atoms with Crippen molar-refractivity contribution in [3.8, 4) is 0 Å². The van der Waals surface area contributed by atoms with E-state index in [9.17, 15) is 24.9 Å². The van der Waals surface area contributed by atoms with Crippen LogP contribution in [0.5, 0.6) is 0 Å². The molecular weight excluding hydrogens is 592 g/mol. The fourth-order valence-corrected chi connectivity index (χ4v) is 5.01. The fraction of sp³-hybridized carbons (Fsp3) is 0.750. The quantitative estimate of drug-likeness (QED) is 0.0374. The number of aliphatic hydroxyl groups excluding tert-OH is 3. The van der Waals surface area contributed by atoms with Gasteiger partial charge in [-0.25, -0.2) is 0 Å². The lowest BCUT2D eigenvalue weighted by Gasteiger charge is -2.12. The van der Waals surface area contributed by atoms with Crippen LogP contribution < -0.4 is 0 Å². The van der Waals surface area contributed by atoms with Gasteiger partial charge in [-0.1, -0.05) is 159 Å². The second-order valence-electron chi connectivity index (χ2n) is 13.2. The predicted molar refractivity (Wildman–Crippen MR) is 194 cm³/mol. The molecule has 0 spiro atoms. The number of rotatable bonds is 32. The van der Waals surface area contributed by atoms with Crippen molar-refractivity contribution in [1.29, 1.82) is 0 Å². The summed E-state index contributed by atoms with van der Waals surface area (Å²) in [5.41, 5.74) is 0. The zero-order chi connectivity index (χ0) is 34.8. The molecule has 272 valence electrons. The zero-order valence-electron chi connectivity index (χ0n) is 30.2. The highest BCUT2D eigenvalue weighted by Crippen LogP contribution is 2.14. The minimum absolute atomic E-state index is 0.136. The van der Waals surface area contributed by atoms with Crippen LogP contribution in [0.25, 0.3) is 0 Å². The summed E-state index contributed by atoms with van der Waals surface area (Å²) >= 11 is 0. The van der Waals surface area contributed by atoms with Crippen molar-refractivity contribution in [1.82, 2.24) is 0 Å². The second-order valence-corrected chi connectivity index (χ2v) is 13.2. The van der Waals surface area contributed by atoms with Crippen LogP contribution in [-0.2, 0) is 19.1 Å². The first-order valence-electron chi connectivity index (χ1n) is 18.8. The molecule has 47 heavy (non-hydrogen) atoms. The van der Waals surface area contributed by atoms with Gasteiger partial charge in [-0.2, -0.15) is 0 Å². The van der Waals surface area contributed by atoms with E-state index < -0.39 is 18.2 Å². The van der Waals surface area contributed by atoms with Crippen LogP contribution >= 0.6 is 0 Å². The van der Waals surface area contributed by atoms with Crippen molar-refractivity contribution in [2.24, 2.45) is 5.92 Å². The predicted octanol–water partition coefficient (Wildman–Crippen LogP) is 9.25. The van der Waals surface area contributed by atoms with E-state index in [2.05, 4.69) is 20.8 Å². The molecule has 0 bridgehead atoms. The number of hydrogen-bond acceptors (Lipinski definition) is 7. The normalized spacial score (nSPS) is 14.2. The number of esters is 2. The van der Waals surface area contributed by atoms with Crippen LogP contribution in [0.2, 0.25) is 0 Å². The lowest BCUT2D eigenvalue weighted by atomic mass is 10.0. The van der Waals surface area contributed by atoms with E-state index in [1.807, 2.05) is 36.5 Å². The first-order valence-corrected chi connectivity index (χ1v) is 18.8. The maximum Gasteiger partial charge on any atom is 0.305 e. The second kappa shape index (κ2) is 33.7. The van der Waals surface area contributed by atoms with Gasteiger partial charge in [-0.05, 0) is 38.0 Å². The fourth-order valence-electron chi connectivity index (χ4n) is 5.01. The summed E-state index contributed by atoms with van der Waals surface area (Å²) in [5, 5.41) is 29.9. The Hall–Kier alpha value is -2.22. The van der Waals surface area contributed by atoms with Crippen LogP contribution in [0.4, 0.5) is 0 Å². The van der Waals surface area contributed by atoms with Gasteiger partial charge in [0.25, 0.3) is 0 Å². The molecule has 0 fully saturated rings. The molecule has 0 radical (unpaired) electrons. The Kier molecular flexibility index (Phi) is 32.1. The molecule has 0 unspecified atom stereocenters. The van der Waals surface area contributed by atoms with Crippen molar-refractivity contribution in [3.63, 3.8) is 0 Å². The molecule has 0 aliphatic rings. The molecule has 3 atom stereocenters. The van der Waals surface area contributed by atoms with E-state index in [1.54, 1.807) is 12.2 Å². The minimum Gasteiger partial charge on any atom is -0.463 e. The van der Waals surface area contributed by atoms with E-state index in [0.29, 0.717) is 19.3 Å². The van der Waals surface area contributed by atoms with Crippen molar-refractivity contribution < 1.29 is 34.4 Å². The Morgan fingerprint density at radius 2 is 0.979 bits per heavy atom. The molecule has 7 heteroatoms. The first-order chi connectivity index (χ1) is 22.7. The standard InChI is InChI=1S/C40H70O7/c1-4-5-20-27-36(41)28-22-17-13-11-14-18-23-29-37(42)30-25-32-40(45)47-34-38(43)33-46-39(44)31-24-19-15-10-8-6-7-9-12-16-21-26-35(2)3/h13-14,17-18,22-23,28-29,35-38,41-43H,4-12,15-16,19-21,24-27,30-34H2,1-3H3/b17-13-,18-14-,28-22+,29-23+/t36-,37-,38+/m0/s1. The minimum atomic E-state index is -1.05. The zero-order valence-corrected chi connectivity index (χ0v) is 30.2.